The molecular formula is C9H10N4O3S. The van der Waals surface area contributed by atoms with E-state index >= 15 is 0 Å². The van der Waals surface area contributed by atoms with Crippen LogP contribution in [0.3, 0.4) is 0 Å². The number of amides is 1. The van der Waals surface area contributed by atoms with E-state index < -0.39 is 12.0 Å². The molecule has 0 bridgehead atoms. The van der Waals surface area contributed by atoms with Gasteiger partial charge >= 0.3 is 5.97 Å². The Morgan fingerprint density at radius 1 is 1.65 bits per heavy atom. The predicted molar refractivity (Wildman–Crippen MR) is 57.7 cm³/mol. The van der Waals surface area contributed by atoms with Gasteiger partial charge in [-0.05, 0) is 5.21 Å². The van der Waals surface area contributed by atoms with Gasteiger partial charge in [-0.3, -0.25) is 4.79 Å². The molecule has 17 heavy (non-hydrogen) atoms. The number of carbonyl (C=O) groups excluding carboxylic acids is 2. The molecule has 0 N–H and O–H groups in total. The third-order valence-corrected chi connectivity index (χ3v) is 4.28. The second-order valence-electron chi connectivity index (χ2n) is 3.96. The van der Waals surface area contributed by atoms with Crippen LogP contribution in [0.2, 0.25) is 0 Å². The van der Waals surface area contributed by atoms with Crippen LogP contribution >= 0.6 is 11.8 Å². The highest BCUT2D eigenvalue weighted by molar-refractivity contribution is 8.00. The molecule has 1 aromatic rings. The van der Waals surface area contributed by atoms with Gasteiger partial charge in [-0.15, -0.1) is 16.9 Å². The molecule has 2 fully saturated rings. The van der Waals surface area contributed by atoms with Crippen LogP contribution in [0.25, 0.3) is 0 Å². The highest BCUT2D eigenvalue weighted by Crippen LogP contribution is 2.43. The van der Waals surface area contributed by atoms with Gasteiger partial charge in [0.2, 0.25) is 5.91 Å². The van der Waals surface area contributed by atoms with Crippen molar-refractivity contribution in [2.24, 2.45) is 0 Å². The monoisotopic (exact) mass is 254 g/mol. The van der Waals surface area contributed by atoms with Crippen molar-refractivity contribution < 1.29 is 14.4 Å². The quantitative estimate of drug-likeness (QED) is 0.513. The van der Waals surface area contributed by atoms with Crippen LogP contribution < -0.4 is 4.84 Å². The molecule has 3 rings (SSSR count). The molecule has 3 atom stereocenters. The molecule has 2 saturated heterocycles. The molecule has 0 radical (unpaired) electrons. The predicted octanol–water partition coefficient (Wildman–Crippen LogP) is -0.704. The van der Waals surface area contributed by atoms with Crippen molar-refractivity contribution >= 4 is 23.6 Å². The number of thioether (sulfide) groups is 1. The number of nitrogens with zero attached hydrogens (tertiary/aromatic N) is 4. The molecule has 0 aliphatic carbocycles. The van der Waals surface area contributed by atoms with E-state index in [2.05, 4.69) is 10.3 Å². The lowest BCUT2D eigenvalue weighted by molar-refractivity contribution is -0.161. The molecule has 0 spiro atoms. The molecule has 90 valence electrons. The van der Waals surface area contributed by atoms with Gasteiger partial charge in [0.25, 0.3) is 0 Å². The number of β-lactam (4-membered cyclic amide) rings is 1. The summed E-state index contributed by atoms with van der Waals surface area (Å²) in [5.74, 6) is -0.460. The van der Waals surface area contributed by atoms with E-state index in [1.807, 2.05) is 6.92 Å². The Hall–Kier alpha value is -1.57. The molecule has 2 aliphatic rings. The molecule has 1 aromatic heterocycles. The number of aromatic nitrogens is 3. The summed E-state index contributed by atoms with van der Waals surface area (Å²) in [5, 5.41) is 7.26. The maximum Gasteiger partial charge on any atom is 0.358 e. The van der Waals surface area contributed by atoms with E-state index in [1.54, 1.807) is 16.7 Å². The average Bonchev–Trinajstić information content (AvgIpc) is 2.84. The van der Waals surface area contributed by atoms with E-state index in [9.17, 15) is 9.59 Å². The molecule has 0 saturated carbocycles. The Labute approximate surface area is 101 Å². The average molecular weight is 254 g/mol. The van der Waals surface area contributed by atoms with Crippen LogP contribution in [0.5, 0.6) is 0 Å². The smallest absolute Gasteiger partial charge is 0.315 e. The highest BCUT2D eigenvalue weighted by atomic mass is 32.2. The Kier molecular flexibility index (Phi) is 2.32. The number of hydrogen-bond donors (Lipinski definition) is 0. The van der Waals surface area contributed by atoms with Crippen LogP contribution in [-0.4, -0.2) is 48.6 Å². The van der Waals surface area contributed by atoms with Crippen molar-refractivity contribution in [3.8, 4) is 0 Å². The van der Waals surface area contributed by atoms with Gasteiger partial charge in [0.15, 0.2) is 0 Å². The van der Waals surface area contributed by atoms with E-state index in [0.29, 0.717) is 6.42 Å². The van der Waals surface area contributed by atoms with Gasteiger partial charge in [-0.25, -0.2) is 4.79 Å². The summed E-state index contributed by atoms with van der Waals surface area (Å²) in [6.07, 6.45) is 3.36. The number of hydrogen-bond acceptors (Lipinski definition) is 6. The second-order valence-corrected chi connectivity index (χ2v) is 5.52. The lowest BCUT2D eigenvalue weighted by Crippen LogP contribution is -2.56. The Balaban J connectivity index is 1.75. The van der Waals surface area contributed by atoms with Gasteiger partial charge < -0.3 is 9.74 Å². The van der Waals surface area contributed by atoms with Gasteiger partial charge in [-0.2, -0.15) is 0 Å². The molecule has 1 unspecified atom stereocenters. The lowest BCUT2D eigenvalue weighted by atomic mass is 10.1. The summed E-state index contributed by atoms with van der Waals surface area (Å²) < 4.78 is 0. The van der Waals surface area contributed by atoms with Crippen LogP contribution in [0.4, 0.5) is 0 Å². The SMILES string of the molecule is CC1S[C@@H]2CC(=O)N2[C@H]1C(=O)On1ccnn1. The summed E-state index contributed by atoms with van der Waals surface area (Å²) in [6, 6.07) is -0.518. The summed E-state index contributed by atoms with van der Waals surface area (Å²) in [4.78, 5) is 31.0. The minimum absolute atomic E-state index is 0.00684. The first kappa shape index (κ1) is 10.6. The zero-order chi connectivity index (χ0) is 12.0. The zero-order valence-electron chi connectivity index (χ0n) is 9.02. The zero-order valence-corrected chi connectivity index (χ0v) is 9.83. The summed E-state index contributed by atoms with van der Waals surface area (Å²) in [6.45, 7) is 1.92. The Bertz CT molecular complexity index is 463. The maximum atomic E-state index is 11.9. The topological polar surface area (TPSA) is 77.3 Å². The Morgan fingerprint density at radius 2 is 2.47 bits per heavy atom. The van der Waals surface area contributed by atoms with Crippen molar-refractivity contribution in [1.82, 2.24) is 20.1 Å². The third-order valence-electron chi connectivity index (χ3n) is 2.89. The van der Waals surface area contributed by atoms with Gasteiger partial charge in [0.1, 0.15) is 6.04 Å². The number of rotatable bonds is 2. The molecule has 7 nitrogen and oxygen atoms in total. The molecule has 1 amide bonds. The van der Waals surface area contributed by atoms with Gasteiger partial charge in [-0.1, -0.05) is 11.8 Å². The van der Waals surface area contributed by atoms with E-state index in [-0.39, 0.29) is 16.5 Å². The maximum absolute atomic E-state index is 11.9. The summed E-state index contributed by atoms with van der Waals surface area (Å²) in [7, 11) is 0. The largest absolute Gasteiger partial charge is 0.358 e. The van der Waals surface area contributed by atoms with Crippen LogP contribution in [-0.2, 0) is 9.59 Å². The van der Waals surface area contributed by atoms with E-state index in [4.69, 9.17) is 4.84 Å². The van der Waals surface area contributed by atoms with Gasteiger partial charge in [0.05, 0.1) is 24.2 Å². The standard InChI is InChI=1S/C9H10N4O3S/c1-5-8(13-6(14)4-7(13)17-5)9(15)16-12-3-2-10-11-12/h2-3,5,7-8H,4H2,1H3/t5?,7-,8-/m1/s1. The molecular weight excluding hydrogens is 244 g/mol. The number of carbonyl (C=O) groups is 2. The van der Waals surface area contributed by atoms with Crippen LogP contribution in [0.15, 0.2) is 12.4 Å². The van der Waals surface area contributed by atoms with Crippen molar-refractivity contribution in [3.63, 3.8) is 0 Å². The van der Waals surface area contributed by atoms with E-state index in [0.717, 1.165) is 4.85 Å². The Morgan fingerprint density at radius 3 is 3.12 bits per heavy atom. The van der Waals surface area contributed by atoms with Crippen LogP contribution in [0.1, 0.15) is 13.3 Å². The highest BCUT2D eigenvalue weighted by Gasteiger charge is 2.54. The molecule has 0 aromatic carbocycles. The third kappa shape index (κ3) is 1.59. The molecule has 2 aliphatic heterocycles. The fraction of sp³-hybridized carbons (Fsp3) is 0.556. The molecule has 3 heterocycles. The summed E-state index contributed by atoms with van der Waals surface area (Å²) >= 11 is 1.63. The number of fused-ring (bicyclic) bond motifs is 1. The minimum Gasteiger partial charge on any atom is -0.315 e. The van der Waals surface area contributed by atoms with Gasteiger partial charge in [0, 0.05) is 5.25 Å². The second kappa shape index (κ2) is 3.73. The minimum atomic E-state index is -0.518. The van der Waals surface area contributed by atoms with Crippen molar-refractivity contribution in [1.29, 1.82) is 0 Å². The summed E-state index contributed by atoms with van der Waals surface area (Å²) in [5.41, 5.74) is 0. The van der Waals surface area contributed by atoms with Crippen LogP contribution in [0, 0.1) is 0 Å². The molecule has 8 heteroatoms. The fourth-order valence-electron chi connectivity index (χ4n) is 2.10. The van der Waals surface area contributed by atoms with E-state index in [1.165, 1.54) is 12.4 Å². The first-order valence-corrected chi connectivity index (χ1v) is 6.16. The van der Waals surface area contributed by atoms with Crippen molar-refractivity contribution in [2.45, 2.75) is 30.0 Å². The fourth-order valence-corrected chi connectivity index (χ4v) is 3.60. The normalized spacial score (nSPS) is 31.0. The first-order valence-electron chi connectivity index (χ1n) is 5.22. The van der Waals surface area contributed by atoms with Crippen molar-refractivity contribution in [3.05, 3.63) is 12.4 Å². The first-order chi connectivity index (χ1) is 8.16. The van der Waals surface area contributed by atoms with Crippen molar-refractivity contribution in [2.75, 3.05) is 0 Å². The lowest BCUT2D eigenvalue weighted by Gasteiger charge is -2.36.